The maximum atomic E-state index is 6.68. The Labute approximate surface area is 224 Å². The molecule has 3 nitrogen and oxygen atoms in total. The lowest BCUT2D eigenvalue weighted by Gasteiger charge is -2.22. The highest BCUT2D eigenvalue weighted by Crippen LogP contribution is 2.41. The summed E-state index contributed by atoms with van der Waals surface area (Å²) in [5, 5.41) is 4.75. The molecule has 0 bridgehead atoms. The van der Waals surface area contributed by atoms with Crippen LogP contribution in [0.4, 0.5) is 0 Å². The van der Waals surface area contributed by atoms with Crippen molar-refractivity contribution in [2.45, 2.75) is 60.3 Å². The van der Waals surface area contributed by atoms with Crippen LogP contribution in [0, 0.1) is 19.8 Å². The minimum Gasteiger partial charge on any atom is -0.461 e. The van der Waals surface area contributed by atoms with E-state index in [1.54, 1.807) is 0 Å². The number of benzene rings is 3. The maximum Gasteiger partial charge on any atom is 0.161 e. The first-order valence-electron chi connectivity index (χ1n) is 13.6. The van der Waals surface area contributed by atoms with Gasteiger partial charge >= 0.3 is 0 Å². The van der Waals surface area contributed by atoms with Gasteiger partial charge in [-0.1, -0.05) is 58.9 Å². The second-order valence-electron chi connectivity index (χ2n) is 12.0. The van der Waals surface area contributed by atoms with Crippen molar-refractivity contribution in [3.8, 4) is 22.6 Å². The van der Waals surface area contributed by atoms with E-state index in [9.17, 15) is 0 Å². The number of hydrogen-bond donors (Lipinski definition) is 0. The molecule has 0 aliphatic rings. The molecule has 0 amide bonds. The Balaban J connectivity index is 1.53. The van der Waals surface area contributed by atoms with E-state index < -0.39 is 0 Å². The summed E-state index contributed by atoms with van der Waals surface area (Å²) in [6.45, 7) is 15.5. The van der Waals surface area contributed by atoms with Gasteiger partial charge < -0.3 is 8.83 Å². The number of aryl methyl sites for hydroxylation is 2. The molecule has 0 saturated carbocycles. The van der Waals surface area contributed by atoms with Gasteiger partial charge in [0.1, 0.15) is 22.8 Å². The summed E-state index contributed by atoms with van der Waals surface area (Å²) in [6, 6.07) is 21.6. The zero-order valence-corrected chi connectivity index (χ0v) is 23.4. The molecular formula is C35H35NO2. The van der Waals surface area contributed by atoms with E-state index in [1.807, 2.05) is 6.20 Å². The minimum atomic E-state index is 0.0000383. The fraction of sp³-hybridized carbons (Fsp3) is 0.286. The monoisotopic (exact) mass is 501 g/mol. The molecular weight excluding hydrogens is 466 g/mol. The molecule has 0 fully saturated rings. The van der Waals surface area contributed by atoms with Crippen LogP contribution >= 0.6 is 0 Å². The third-order valence-corrected chi connectivity index (χ3v) is 7.69. The van der Waals surface area contributed by atoms with Crippen molar-refractivity contribution in [3.63, 3.8) is 0 Å². The quantitative estimate of drug-likeness (QED) is 0.241. The van der Waals surface area contributed by atoms with E-state index in [0.717, 1.165) is 62.3 Å². The van der Waals surface area contributed by atoms with Crippen molar-refractivity contribution in [1.82, 2.24) is 4.98 Å². The highest BCUT2D eigenvalue weighted by molar-refractivity contribution is 5.99. The van der Waals surface area contributed by atoms with Gasteiger partial charge in [-0.3, -0.25) is 4.98 Å². The van der Waals surface area contributed by atoms with Crippen LogP contribution in [0.3, 0.4) is 0 Å². The molecule has 0 atom stereocenters. The van der Waals surface area contributed by atoms with Crippen molar-refractivity contribution in [2.75, 3.05) is 0 Å². The molecule has 6 rings (SSSR count). The lowest BCUT2D eigenvalue weighted by atomic mass is 9.82. The van der Waals surface area contributed by atoms with Crippen molar-refractivity contribution in [1.29, 1.82) is 0 Å². The predicted molar refractivity (Wildman–Crippen MR) is 159 cm³/mol. The number of rotatable bonds is 4. The van der Waals surface area contributed by atoms with Gasteiger partial charge in [0.05, 0.1) is 0 Å². The van der Waals surface area contributed by atoms with Gasteiger partial charge in [0.25, 0.3) is 0 Å². The van der Waals surface area contributed by atoms with E-state index in [0.29, 0.717) is 5.92 Å². The summed E-state index contributed by atoms with van der Waals surface area (Å²) < 4.78 is 12.9. The number of pyridine rings is 1. The van der Waals surface area contributed by atoms with Crippen molar-refractivity contribution >= 4 is 32.7 Å². The lowest BCUT2D eigenvalue weighted by molar-refractivity contribution is 0.496. The van der Waals surface area contributed by atoms with Crippen LogP contribution in [-0.4, -0.2) is 4.98 Å². The molecule has 3 aromatic heterocycles. The summed E-state index contributed by atoms with van der Waals surface area (Å²) in [5.74, 6) is 2.51. The molecule has 0 radical (unpaired) electrons. The first-order valence-corrected chi connectivity index (χ1v) is 13.6. The van der Waals surface area contributed by atoms with Crippen LogP contribution in [0.2, 0.25) is 0 Å². The molecule has 38 heavy (non-hydrogen) atoms. The molecule has 6 aromatic rings. The molecule has 3 heterocycles. The summed E-state index contributed by atoms with van der Waals surface area (Å²) in [6.07, 6.45) is 2.84. The number of fused-ring (bicyclic) bond motifs is 3. The summed E-state index contributed by atoms with van der Waals surface area (Å²) in [5.41, 5.74) is 8.45. The molecule has 3 heteroatoms. The SMILES string of the molecule is Cc1c(CC(C)C)oc2ccc(-c3oc4c(-c5cc(C(C)(C)C)c6ccccc6c5)nccc4c3C)cc12. The second kappa shape index (κ2) is 8.87. The summed E-state index contributed by atoms with van der Waals surface area (Å²) in [4.78, 5) is 4.84. The predicted octanol–water partition coefficient (Wildman–Crippen LogP) is 10.2. The van der Waals surface area contributed by atoms with Crippen molar-refractivity contribution < 1.29 is 8.83 Å². The Bertz CT molecular complexity index is 1820. The Morgan fingerprint density at radius 1 is 0.789 bits per heavy atom. The van der Waals surface area contributed by atoms with Gasteiger partial charge in [-0.05, 0) is 83.5 Å². The molecule has 192 valence electrons. The fourth-order valence-corrected chi connectivity index (χ4v) is 5.67. The van der Waals surface area contributed by atoms with Crippen LogP contribution in [0.15, 0.2) is 75.7 Å². The minimum absolute atomic E-state index is 0.0000383. The number of nitrogens with zero attached hydrogens (tertiary/aromatic N) is 1. The second-order valence-corrected chi connectivity index (χ2v) is 12.0. The maximum absolute atomic E-state index is 6.68. The van der Waals surface area contributed by atoms with Gasteiger partial charge in [-0.25, -0.2) is 0 Å². The van der Waals surface area contributed by atoms with E-state index in [-0.39, 0.29) is 5.41 Å². The Morgan fingerprint density at radius 2 is 1.58 bits per heavy atom. The molecule has 0 saturated heterocycles. The first-order chi connectivity index (χ1) is 18.1. The molecule has 0 spiro atoms. The van der Waals surface area contributed by atoms with Crippen LogP contribution in [0.5, 0.6) is 0 Å². The average Bonchev–Trinajstić information content (AvgIpc) is 3.38. The highest BCUT2D eigenvalue weighted by Gasteiger charge is 2.22. The van der Waals surface area contributed by atoms with Crippen LogP contribution in [0.1, 0.15) is 57.1 Å². The van der Waals surface area contributed by atoms with Gasteiger partial charge in [0.2, 0.25) is 0 Å². The van der Waals surface area contributed by atoms with E-state index in [2.05, 4.69) is 109 Å². The number of aromatic nitrogens is 1. The topological polar surface area (TPSA) is 39.2 Å². The van der Waals surface area contributed by atoms with Crippen molar-refractivity contribution in [2.24, 2.45) is 5.92 Å². The molecule has 0 N–H and O–H groups in total. The Kier molecular flexibility index (Phi) is 5.72. The van der Waals surface area contributed by atoms with Gasteiger partial charge in [0.15, 0.2) is 5.58 Å². The normalized spacial score (nSPS) is 12.4. The van der Waals surface area contributed by atoms with E-state index in [4.69, 9.17) is 13.8 Å². The van der Waals surface area contributed by atoms with Gasteiger partial charge in [0, 0.05) is 40.1 Å². The molecule has 3 aromatic carbocycles. The van der Waals surface area contributed by atoms with Crippen LogP contribution in [-0.2, 0) is 11.8 Å². The number of hydrogen-bond acceptors (Lipinski definition) is 3. The largest absolute Gasteiger partial charge is 0.461 e. The van der Waals surface area contributed by atoms with Gasteiger partial charge in [-0.2, -0.15) is 0 Å². The fourth-order valence-electron chi connectivity index (χ4n) is 5.67. The van der Waals surface area contributed by atoms with Crippen LogP contribution < -0.4 is 0 Å². The Morgan fingerprint density at radius 3 is 2.34 bits per heavy atom. The van der Waals surface area contributed by atoms with Crippen LogP contribution in [0.25, 0.3) is 55.3 Å². The van der Waals surface area contributed by atoms with Crippen molar-refractivity contribution in [3.05, 3.63) is 89.3 Å². The van der Waals surface area contributed by atoms with E-state index in [1.165, 1.54) is 21.9 Å². The third-order valence-electron chi connectivity index (χ3n) is 7.69. The summed E-state index contributed by atoms with van der Waals surface area (Å²) in [7, 11) is 0. The average molecular weight is 502 g/mol. The molecule has 0 aliphatic heterocycles. The van der Waals surface area contributed by atoms with Gasteiger partial charge in [-0.15, -0.1) is 0 Å². The zero-order chi connectivity index (χ0) is 26.8. The van der Waals surface area contributed by atoms with E-state index >= 15 is 0 Å². The first kappa shape index (κ1) is 24.5. The smallest absolute Gasteiger partial charge is 0.161 e. The standard InChI is InChI=1S/C35H35NO2/c1-20(2)16-31-21(3)28-18-24(12-13-30(28)37-31)33-22(4)26-14-15-36-32(34(26)38-33)25-17-23-10-8-9-11-27(23)29(19-25)35(5,6)7/h8-15,17-20H,16H2,1-7H3. The zero-order valence-electron chi connectivity index (χ0n) is 23.4. The molecule has 0 aliphatic carbocycles. The highest BCUT2D eigenvalue weighted by atomic mass is 16.3. The summed E-state index contributed by atoms with van der Waals surface area (Å²) >= 11 is 0. The Hall–Kier alpha value is -3.85. The number of furan rings is 2. The lowest BCUT2D eigenvalue weighted by Crippen LogP contribution is -2.12. The molecule has 0 unspecified atom stereocenters. The third kappa shape index (κ3) is 4.01.